The van der Waals surface area contributed by atoms with Gasteiger partial charge < -0.3 is 5.73 Å². The van der Waals surface area contributed by atoms with Crippen LogP contribution in [0.2, 0.25) is 5.02 Å². The van der Waals surface area contributed by atoms with E-state index in [0.717, 1.165) is 5.56 Å². The van der Waals surface area contributed by atoms with Crippen molar-refractivity contribution in [2.45, 2.75) is 6.54 Å². The van der Waals surface area contributed by atoms with Gasteiger partial charge in [-0.15, -0.1) is 0 Å². The molecule has 0 unspecified atom stereocenters. The van der Waals surface area contributed by atoms with Crippen molar-refractivity contribution in [1.82, 2.24) is 4.90 Å². The number of hydrogen-bond acceptors (Lipinski definition) is 4. The third-order valence-corrected chi connectivity index (χ3v) is 2.42. The number of anilines is 1. The zero-order chi connectivity index (χ0) is 12.0. The molecule has 1 aromatic carbocycles. The van der Waals surface area contributed by atoms with Crippen LogP contribution in [-0.2, 0) is 6.54 Å². The van der Waals surface area contributed by atoms with E-state index in [1.54, 1.807) is 23.1 Å². The highest BCUT2D eigenvalue weighted by Gasteiger charge is 2.08. The standard InChI is InChI=1S/C11H11ClN4/c12-11-2-1-10(15)7-9(11)8-16(5-3-13)6-4-14/h1-2,7H,5-6,8,15H2. The fourth-order valence-electron chi connectivity index (χ4n) is 1.32. The van der Waals surface area contributed by atoms with Crippen molar-refractivity contribution in [1.29, 1.82) is 10.5 Å². The van der Waals surface area contributed by atoms with Gasteiger partial charge in [0, 0.05) is 17.3 Å². The third-order valence-electron chi connectivity index (χ3n) is 2.05. The summed E-state index contributed by atoms with van der Waals surface area (Å²) in [6, 6.07) is 9.19. The zero-order valence-electron chi connectivity index (χ0n) is 8.65. The first kappa shape index (κ1) is 12.3. The fraction of sp³-hybridized carbons (Fsp3) is 0.273. The van der Waals surface area contributed by atoms with Crippen molar-refractivity contribution in [2.75, 3.05) is 18.8 Å². The Morgan fingerprint density at radius 3 is 2.44 bits per heavy atom. The molecule has 0 fully saturated rings. The molecular formula is C11H11ClN4. The van der Waals surface area contributed by atoms with E-state index in [1.807, 2.05) is 12.1 Å². The first-order chi connectivity index (χ1) is 7.67. The monoisotopic (exact) mass is 234 g/mol. The molecule has 0 aliphatic carbocycles. The predicted octanol–water partition coefficient (Wildman–Crippen LogP) is 1.77. The average Bonchev–Trinajstić information content (AvgIpc) is 2.24. The summed E-state index contributed by atoms with van der Waals surface area (Å²) in [5.41, 5.74) is 7.09. The molecule has 0 aliphatic rings. The first-order valence-electron chi connectivity index (χ1n) is 4.67. The predicted molar refractivity (Wildman–Crippen MR) is 62.4 cm³/mol. The highest BCUT2D eigenvalue weighted by atomic mass is 35.5. The van der Waals surface area contributed by atoms with Gasteiger partial charge >= 0.3 is 0 Å². The second-order valence-corrected chi connectivity index (χ2v) is 3.72. The van der Waals surface area contributed by atoms with Crippen LogP contribution < -0.4 is 5.73 Å². The van der Waals surface area contributed by atoms with E-state index in [0.29, 0.717) is 17.3 Å². The minimum atomic E-state index is 0.193. The van der Waals surface area contributed by atoms with E-state index < -0.39 is 0 Å². The molecule has 4 nitrogen and oxygen atoms in total. The summed E-state index contributed by atoms with van der Waals surface area (Å²) in [5, 5.41) is 17.8. The van der Waals surface area contributed by atoms with Crippen molar-refractivity contribution in [3.63, 3.8) is 0 Å². The second-order valence-electron chi connectivity index (χ2n) is 3.31. The molecule has 0 saturated carbocycles. The minimum Gasteiger partial charge on any atom is -0.399 e. The summed E-state index contributed by atoms with van der Waals surface area (Å²) >= 11 is 5.99. The molecule has 1 rings (SSSR count). The zero-order valence-corrected chi connectivity index (χ0v) is 9.41. The molecule has 0 saturated heterocycles. The van der Waals surface area contributed by atoms with Gasteiger partial charge in [-0.1, -0.05) is 11.6 Å². The molecule has 2 N–H and O–H groups in total. The number of halogens is 1. The van der Waals surface area contributed by atoms with E-state index in [4.69, 9.17) is 27.9 Å². The Morgan fingerprint density at radius 2 is 1.88 bits per heavy atom. The maximum atomic E-state index is 8.61. The van der Waals surface area contributed by atoms with Gasteiger partial charge in [-0.25, -0.2) is 0 Å². The molecule has 0 bridgehead atoms. The number of nitriles is 2. The molecule has 0 atom stereocenters. The maximum Gasteiger partial charge on any atom is 0.0877 e. The largest absolute Gasteiger partial charge is 0.399 e. The van der Waals surface area contributed by atoms with Crippen LogP contribution in [-0.4, -0.2) is 18.0 Å². The molecule has 0 spiro atoms. The van der Waals surface area contributed by atoms with Crippen molar-refractivity contribution in [2.24, 2.45) is 0 Å². The van der Waals surface area contributed by atoms with Crippen molar-refractivity contribution in [3.8, 4) is 12.1 Å². The number of nitrogens with zero attached hydrogens (tertiary/aromatic N) is 3. The summed E-state index contributed by atoms with van der Waals surface area (Å²) in [5.74, 6) is 0. The molecule has 0 aromatic heterocycles. The molecule has 0 aliphatic heterocycles. The highest BCUT2D eigenvalue weighted by Crippen LogP contribution is 2.20. The van der Waals surface area contributed by atoms with Gasteiger partial charge in [-0.05, 0) is 23.8 Å². The van der Waals surface area contributed by atoms with Gasteiger partial charge in [0.05, 0.1) is 25.2 Å². The van der Waals surface area contributed by atoms with E-state index in [-0.39, 0.29) is 13.1 Å². The topological polar surface area (TPSA) is 76.8 Å². The smallest absolute Gasteiger partial charge is 0.0877 e. The number of hydrogen-bond donors (Lipinski definition) is 1. The molecule has 16 heavy (non-hydrogen) atoms. The van der Waals surface area contributed by atoms with Crippen LogP contribution in [0.25, 0.3) is 0 Å². The lowest BCUT2D eigenvalue weighted by atomic mass is 10.2. The lowest BCUT2D eigenvalue weighted by molar-refractivity contribution is 0.335. The molecule has 5 heteroatoms. The molecule has 0 amide bonds. The Hall–Kier alpha value is -1.75. The van der Waals surface area contributed by atoms with Crippen molar-refractivity contribution < 1.29 is 0 Å². The Labute approximate surface area is 99.4 Å². The maximum absolute atomic E-state index is 8.61. The summed E-state index contributed by atoms with van der Waals surface area (Å²) in [6.07, 6.45) is 0. The summed E-state index contributed by atoms with van der Waals surface area (Å²) in [6.45, 7) is 0.836. The average molecular weight is 235 g/mol. The summed E-state index contributed by atoms with van der Waals surface area (Å²) in [7, 11) is 0. The third kappa shape index (κ3) is 3.43. The van der Waals surface area contributed by atoms with Crippen molar-refractivity contribution >= 4 is 17.3 Å². The molecular weight excluding hydrogens is 224 g/mol. The second kappa shape index (κ2) is 5.97. The van der Waals surface area contributed by atoms with Gasteiger partial charge in [0.2, 0.25) is 0 Å². The Kier molecular flexibility index (Phi) is 4.60. The van der Waals surface area contributed by atoms with Crippen LogP contribution in [0.15, 0.2) is 18.2 Å². The molecule has 0 radical (unpaired) electrons. The van der Waals surface area contributed by atoms with Gasteiger partial charge in [-0.3, -0.25) is 4.90 Å². The number of benzene rings is 1. The van der Waals surface area contributed by atoms with Crippen LogP contribution in [0.3, 0.4) is 0 Å². The van der Waals surface area contributed by atoms with E-state index >= 15 is 0 Å². The van der Waals surface area contributed by atoms with Crippen LogP contribution in [0.1, 0.15) is 5.56 Å². The summed E-state index contributed by atoms with van der Waals surface area (Å²) < 4.78 is 0. The highest BCUT2D eigenvalue weighted by molar-refractivity contribution is 6.31. The number of nitrogen functional groups attached to an aromatic ring is 1. The van der Waals surface area contributed by atoms with Crippen LogP contribution in [0.5, 0.6) is 0 Å². The van der Waals surface area contributed by atoms with Crippen LogP contribution in [0, 0.1) is 22.7 Å². The number of nitrogens with two attached hydrogens (primary N) is 1. The lowest BCUT2D eigenvalue weighted by Crippen LogP contribution is -2.24. The molecule has 82 valence electrons. The van der Waals surface area contributed by atoms with Gasteiger partial charge in [0.15, 0.2) is 0 Å². The van der Waals surface area contributed by atoms with E-state index in [1.165, 1.54) is 0 Å². The van der Waals surface area contributed by atoms with Gasteiger partial charge in [0.25, 0.3) is 0 Å². The lowest BCUT2D eigenvalue weighted by Gasteiger charge is -2.16. The van der Waals surface area contributed by atoms with Gasteiger partial charge in [0.1, 0.15) is 0 Å². The van der Waals surface area contributed by atoms with E-state index in [9.17, 15) is 0 Å². The SMILES string of the molecule is N#CCN(CC#N)Cc1cc(N)ccc1Cl. The van der Waals surface area contributed by atoms with Crippen LogP contribution in [0.4, 0.5) is 5.69 Å². The summed E-state index contributed by atoms with van der Waals surface area (Å²) in [4.78, 5) is 1.70. The minimum absolute atomic E-state index is 0.193. The number of rotatable bonds is 4. The molecule has 1 aromatic rings. The Bertz CT molecular complexity index is 428. The van der Waals surface area contributed by atoms with Gasteiger partial charge in [-0.2, -0.15) is 10.5 Å². The first-order valence-corrected chi connectivity index (χ1v) is 5.05. The Morgan fingerprint density at radius 1 is 1.25 bits per heavy atom. The van der Waals surface area contributed by atoms with Crippen molar-refractivity contribution in [3.05, 3.63) is 28.8 Å². The van der Waals surface area contributed by atoms with Crippen LogP contribution >= 0.6 is 11.6 Å². The molecule has 0 heterocycles. The Balaban J connectivity index is 2.81. The fourth-order valence-corrected chi connectivity index (χ4v) is 1.50. The quantitative estimate of drug-likeness (QED) is 0.636. The normalized spacial score (nSPS) is 9.75. The van der Waals surface area contributed by atoms with E-state index in [2.05, 4.69) is 0 Å².